The van der Waals surface area contributed by atoms with Crippen molar-refractivity contribution in [2.45, 2.75) is 24.0 Å². The summed E-state index contributed by atoms with van der Waals surface area (Å²) in [5.41, 5.74) is 3.53. The van der Waals surface area contributed by atoms with Crippen LogP contribution in [0.15, 0.2) is 90.1 Å². The van der Waals surface area contributed by atoms with Crippen LogP contribution in [0.1, 0.15) is 18.9 Å². The Bertz CT molecular complexity index is 1480. The summed E-state index contributed by atoms with van der Waals surface area (Å²) in [7, 11) is 0. The van der Waals surface area contributed by atoms with Crippen molar-refractivity contribution in [1.82, 2.24) is 35.0 Å². The van der Waals surface area contributed by atoms with Gasteiger partial charge in [0.05, 0.1) is 11.8 Å². The maximum absolute atomic E-state index is 12.7. The van der Waals surface area contributed by atoms with Gasteiger partial charge in [0.2, 0.25) is 5.91 Å². The highest BCUT2D eigenvalue weighted by Gasteiger charge is 2.28. The van der Waals surface area contributed by atoms with Crippen LogP contribution in [0.25, 0.3) is 28.5 Å². The number of tetrazole rings is 1. The molecule has 6 rings (SSSR count). The summed E-state index contributed by atoms with van der Waals surface area (Å²) in [4.78, 5) is 12.7. The van der Waals surface area contributed by atoms with Gasteiger partial charge in [0.25, 0.3) is 0 Å². The first kappa shape index (κ1) is 22.2. The number of carbonyl (C=O) groups excluding carboxylic acids is 1. The average Bonchev–Trinajstić information content (AvgIpc) is 3.49. The van der Waals surface area contributed by atoms with E-state index in [4.69, 9.17) is 0 Å². The highest BCUT2D eigenvalue weighted by Crippen LogP contribution is 2.36. The van der Waals surface area contributed by atoms with Crippen molar-refractivity contribution < 1.29 is 4.79 Å². The molecule has 5 aromatic rings. The molecule has 9 nitrogen and oxygen atoms in total. The number of hydrogen-bond acceptors (Lipinski definition) is 7. The molecule has 10 heteroatoms. The van der Waals surface area contributed by atoms with Crippen LogP contribution >= 0.6 is 11.8 Å². The fraction of sp³-hybridized carbons (Fsp3) is 0.154. The van der Waals surface area contributed by atoms with E-state index >= 15 is 0 Å². The second-order valence-corrected chi connectivity index (χ2v) is 9.38. The van der Waals surface area contributed by atoms with Crippen molar-refractivity contribution in [2.24, 2.45) is 0 Å². The SMILES string of the molecule is O=C(CSc1nnc(-c2ccccc2)n1-c1ccccc1)Nc1ccc(-c2nnnn2C2CC2)cc1. The number of anilines is 1. The van der Waals surface area contributed by atoms with E-state index in [9.17, 15) is 4.79 Å². The van der Waals surface area contributed by atoms with Gasteiger partial charge in [-0.05, 0) is 59.7 Å². The Labute approximate surface area is 211 Å². The zero-order chi connectivity index (χ0) is 24.3. The number of nitrogens with one attached hydrogen (secondary N) is 1. The fourth-order valence-electron chi connectivity index (χ4n) is 3.93. The Hall–Kier alpha value is -4.31. The van der Waals surface area contributed by atoms with Gasteiger partial charge in [-0.25, -0.2) is 4.68 Å². The summed E-state index contributed by atoms with van der Waals surface area (Å²) in [5.74, 6) is 1.55. The summed E-state index contributed by atoms with van der Waals surface area (Å²) in [6.07, 6.45) is 2.21. The van der Waals surface area contributed by atoms with E-state index in [1.54, 1.807) is 0 Å². The van der Waals surface area contributed by atoms with Gasteiger partial charge in [-0.1, -0.05) is 60.3 Å². The zero-order valence-corrected chi connectivity index (χ0v) is 20.0. The second-order valence-electron chi connectivity index (χ2n) is 8.44. The lowest BCUT2D eigenvalue weighted by Gasteiger charge is -2.10. The lowest BCUT2D eigenvalue weighted by molar-refractivity contribution is -0.113. The summed E-state index contributed by atoms with van der Waals surface area (Å²) in [6, 6.07) is 27.8. The van der Waals surface area contributed by atoms with Gasteiger partial charge in [0.1, 0.15) is 0 Å². The van der Waals surface area contributed by atoms with Gasteiger partial charge in [-0.15, -0.1) is 15.3 Å². The Morgan fingerprint density at radius 1 is 0.833 bits per heavy atom. The topological polar surface area (TPSA) is 103 Å². The fourth-order valence-corrected chi connectivity index (χ4v) is 4.68. The van der Waals surface area contributed by atoms with E-state index in [0.29, 0.717) is 16.9 Å². The summed E-state index contributed by atoms with van der Waals surface area (Å²) in [6.45, 7) is 0. The molecule has 1 amide bonds. The minimum atomic E-state index is -0.126. The van der Waals surface area contributed by atoms with Gasteiger partial charge in [-0.3, -0.25) is 9.36 Å². The lowest BCUT2D eigenvalue weighted by atomic mass is 10.2. The molecule has 0 unspecified atom stereocenters. The summed E-state index contributed by atoms with van der Waals surface area (Å²) in [5, 5.41) is 24.5. The van der Waals surface area contributed by atoms with E-state index in [2.05, 4.69) is 31.0 Å². The molecule has 178 valence electrons. The highest BCUT2D eigenvalue weighted by atomic mass is 32.2. The highest BCUT2D eigenvalue weighted by molar-refractivity contribution is 7.99. The van der Waals surface area contributed by atoms with Crippen molar-refractivity contribution >= 4 is 23.4 Å². The normalized spacial score (nSPS) is 13.0. The van der Waals surface area contributed by atoms with E-state index in [1.165, 1.54) is 11.8 Å². The predicted molar refractivity (Wildman–Crippen MR) is 138 cm³/mol. The maximum Gasteiger partial charge on any atom is 0.234 e. The van der Waals surface area contributed by atoms with Crippen molar-refractivity contribution in [3.63, 3.8) is 0 Å². The third kappa shape index (κ3) is 4.63. The van der Waals surface area contributed by atoms with Crippen LogP contribution in [0.5, 0.6) is 0 Å². The van der Waals surface area contributed by atoms with Crippen LogP contribution in [0.2, 0.25) is 0 Å². The Morgan fingerprint density at radius 2 is 1.53 bits per heavy atom. The predicted octanol–water partition coefficient (Wildman–Crippen LogP) is 4.65. The first-order chi connectivity index (χ1) is 17.8. The third-order valence-electron chi connectivity index (χ3n) is 5.82. The first-order valence-corrected chi connectivity index (χ1v) is 12.6. The van der Waals surface area contributed by atoms with E-state index in [1.807, 2.05) is 94.2 Å². The molecular weight excluding hydrogens is 472 g/mol. The van der Waals surface area contributed by atoms with E-state index in [0.717, 1.165) is 41.3 Å². The van der Waals surface area contributed by atoms with Crippen LogP contribution in [0.4, 0.5) is 5.69 Å². The molecule has 0 atom stereocenters. The number of benzene rings is 3. The molecule has 0 saturated heterocycles. The summed E-state index contributed by atoms with van der Waals surface area (Å²) < 4.78 is 3.85. The average molecular weight is 495 g/mol. The molecule has 1 aliphatic carbocycles. The molecular formula is C26H22N8OS. The third-order valence-corrected chi connectivity index (χ3v) is 6.75. The van der Waals surface area contributed by atoms with E-state index < -0.39 is 0 Å². The molecule has 3 aromatic carbocycles. The molecule has 1 fully saturated rings. The maximum atomic E-state index is 12.7. The minimum absolute atomic E-state index is 0.126. The van der Waals surface area contributed by atoms with Crippen LogP contribution < -0.4 is 5.32 Å². The standard InChI is InChI=1S/C26H22N8OS/c35-23(27-20-13-11-19(12-14-20)25-29-31-32-34(25)22-15-16-22)17-36-26-30-28-24(18-7-3-1-4-8-18)33(26)21-9-5-2-6-10-21/h1-14,22H,15-17H2,(H,27,35). The van der Waals surface area contributed by atoms with Crippen LogP contribution in [0.3, 0.4) is 0 Å². The van der Waals surface area contributed by atoms with Crippen molar-refractivity contribution in [2.75, 3.05) is 11.1 Å². The minimum Gasteiger partial charge on any atom is -0.325 e. The number of carbonyl (C=O) groups is 1. The molecule has 1 saturated carbocycles. The van der Waals surface area contributed by atoms with Gasteiger partial charge < -0.3 is 5.32 Å². The second kappa shape index (κ2) is 9.74. The lowest BCUT2D eigenvalue weighted by Crippen LogP contribution is -2.14. The van der Waals surface area contributed by atoms with Crippen molar-refractivity contribution in [3.05, 3.63) is 84.9 Å². The number of nitrogens with zero attached hydrogens (tertiary/aromatic N) is 7. The molecule has 36 heavy (non-hydrogen) atoms. The molecule has 2 aromatic heterocycles. The van der Waals surface area contributed by atoms with Crippen LogP contribution in [-0.2, 0) is 4.79 Å². The monoisotopic (exact) mass is 494 g/mol. The first-order valence-electron chi connectivity index (χ1n) is 11.6. The molecule has 2 heterocycles. The number of rotatable bonds is 8. The molecule has 0 spiro atoms. The van der Waals surface area contributed by atoms with Gasteiger partial charge in [0.15, 0.2) is 16.8 Å². The van der Waals surface area contributed by atoms with Crippen LogP contribution in [0, 0.1) is 0 Å². The Balaban J connectivity index is 1.16. The molecule has 1 aliphatic rings. The number of aromatic nitrogens is 7. The summed E-state index contributed by atoms with van der Waals surface area (Å²) >= 11 is 1.35. The van der Waals surface area contributed by atoms with E-state index in [-0.39, 0.29) is 11.7 Å². The number of amides is 1. The smallest absolute Gasteiger partial charge is 0.234 e. The molecule has 0 bridgehead atoms. The van der Waals surface area contributed by atoms with Crippen molar-refractivity contribution in [3.8, 4) is 28.5 Å². The number of hydrogen-bond donors (Lipinski definition) is 1. The number of para-hydroxylation sites is 1. The van der Waals surface area contributed by atoms with Crippen molar-refractivity contribution in [1.29, 1.82) is 0 Å². The zero-order valence-electron chi connectivity index (χ0n) is 19.2. The Morgan fingerprint density at radius 3 is 2.25 bits per heavy atom. The molecule has 1 N–H and O–H groups in total. The van der Waals surface area contributed by atoms with Crippen LogP contribution in [-0.4, -0.2) is 46.6 Å². The number of thioether (sulfide) groups is 1. The van der Waals surface area contributed by atoms with Gasteiger partial charge in [0, 0.05) is 22.5 Å². The molecule has 0 radical (unpaired) electrons. The Kier molecular flexibility index (Phi) is 6.00. The quantitative estimate of drug-likeness (QED) is 0.313. The largest absolute Gasteiger partial charge is 0.325 e. The van der Waals surface area contributed by atoms with Gasteiger partial charge >= 0.3 is 0 Å². The van der Waals surface area contributed by atoms with Gasteiger partial charge in [-0.2, -0.15) is 0 Å². The molecule has 0 aliphatic heterocycles.